The zero-order valence-corrected chi connectivity index (χ0v) is 18.2. The van der Waals surface area contributed by atoms with Gasteiger partial charge in [-0.2, -0.15) is 5.10 Å². The molecule has 0 saturated carbocycles. The summed E-state index contributed by atoms with van der Waals surface area (Å²) in [5.74, 6) is 1.66. The van der Waals surface area contributed by atoms with Crippen molar-refractivity contribution in [1.29, 1.82) is 0 Å². The standard InChI is InChI=1S/C23H34N6O/c1-24-23(29-12-13-30-22(18-29)21-15-26-27(2)17-21)25-14-20-9-11-28(16-20)10-8-19-6-4-3-5-7-19/h3-7,15,17,20,22H,8-14,16,18H2,1-2H3,(H,24,25). The van der Waals surface area contributed by atoms with Crippen molar-refractivity contribution < 1.29 is 4.74 Å². The largest absolute Gasteiger partial charge is 0.370 e. The molecule has 2 atom stereocenters. The van der Waals surface area contributed by atoms with Gasteiger partial charge in [0, 0.05) is 52.0 Å². The van der Waals surface area contributed by atoms with Crippen molar-refractivity contribution in [2.75, 3.05) is 52.9 Å². The molecule has 7 heteroatoms. The van der Waals surface area contributed by atoms with E-state index in [0.29, 0.717) is 12.5 Å². The second-order valence-corrected chi connectivity index (χ2v) is 8.37. The Bertz CT molecular complexity index is 820. The number of aliphatic imine (C=N–C) groups is 1. The molecule has 1 aromatic carbocycles. The number of guanidine groups is 1. The molecular weight excluding hydrogens is 376 g/mol. The van der Waals surface area contributed by atoms with Crippen molar-refractivity contribution in [2.24, 2.45) is 18.0 Å². The number of hydrogen-bond acceptors (Lipinski definition) is 4. The van der Waals surface area contributed by atoms with Crippen LogP contribution in [0.1, 0.15) is 23.7 Å². The normalized spacial score (nSPS) is 23.1. The lowest BCUT2D eigenvalue weighted by Crippen LogP contribution is -2.49. The number of aryl methyl sites for hydroxylation is 1. The van der Waals surface area contributed by atoms with Gasteiger partial charge in [0.05, 0.1) is 19.3 Å². The predicted molar refractivity (Wildman–Crippen MR) is 120 cm³/mol. The fourth-order valence-corrected chi connectivity index (χ4v) is 4.43. The van der Waals surface area contributed by atoms with Crippen LogP contribution in [0.4, 0.5) is 0 Å². The fraction of sp³-hybridized carbons (Fsp3) is 0.565. The average molecular weight is 411 g/mol. The van der Waals surface area contributed by atoms with Gasteiger partial charge in [0.2, 0.25) is 0 Å². The maximum atomic E-state index is 5.97. The van der Waals surface area contributed by atoms with Crippen molar-refractivity contribution in [3.8, 4) is 0 Å². The molecule has 0 amide bonds. The number of hydrogen-bond donors (Lipinski definition) is 1. The summed E-state index contributed by atoms with van der Waals surface area (Å²) in [4.78, 5) is 9.44. The summed E-state index contributed by atoms with van der Waals surface area (Å²) in [5, 5.41) is 7.91. The molecule has 0 spiro atoms. The van der Waals surface area contributed by atoms with Crippen LogP contribution in [0.15, 0.2) is 47.7 Å². The van der Waals surface area contributed by atoms with Crippen LogP contribution in [0.3, 0.4) is 0 Å². The first-order valence-electron chi connectivity index (χ1n) is 11.0. The quantitative estimate of drug-likeness (QED) is 0.583. The molecule has 30 heavy (non-hydrogen) atoms. The number of likely N-dealkylation sites (tertiary alicyclic amines) is 1. The highest BCUT2D eigenvalue weighted by molar-refractivity contribution is 5.80. The average Bonchev–Trinajstić information content (AvgIpc) is 3.43. The minimum atomic E-state index is 0.0472. The van der Waals surface area contributed by atoms with Crippen molar-refractivity contribution in [3.63, 3.8) is 0 Å². The minimum absolute atomic E-state index is 0.0472. The van der Waals surface area contributed by atoms with Crippen LogP contribution in [0, 0.1) is 5.92 Å². The van der Waals surface area contributed by atoms with Gasteiger partial charge in [-0.05, 0) is 30.9 Å². The van der Waals surface area contributed by atoms with Crippen molar-refractivity contribution in [2.45, 2.75) is 18.9 Å². The number of nitrogens with one attached hydrogen (secondary N) is 1. The number of aromatic nitrogens is 2. The van der Waals surface area contributed by atoms with Gasteiger partial charge in [-0.1, -0.05) is 30.3 Å². The minimum Gasteiger partial charge on any atom is -0.370 e. The Kier molecular flexibility index (Phi) is 7.02. The van der Waals surface area contributed by atoms with Gasteiger partial charge >= 0.3 is 0 Å². The number of benzene rings is 1. The Morgan fingerprint density at radius 3 is 2.87 bits per heavy atom. The van der Waals surface area contributed by atoms with E-state index in [9.17, 15) is 0 Å². The first-order chi connectivity index (χ1) is 14.7. The maximum Gasteiger partial charge on any atom is 0.193 e. The SMILES string of the molecule is CN=C(NCC1CCN(CCc2ccccc2)C1)N1CCOC(c2cnn(C)c2)C1. The van der Waals surface area contributed by atoms with Gasteiger partial charge in [0.15, 0.2) is 5.96 Å². The zero-order valence-electron chi connectivity index (χ0n) is 18.2. The Morgan fingerprint density at radius 1 is 1.23 bits per heavy atom. The van der Waals surface area contributed by atoms with E-state index < -0.39 is 0 Å². The highest BCUT2D eigenvalue weighted by Gasteiger charge is 2.27. The van der Waals surface area contributed by atoms with Crippen molar-refractivity contribution >= 4 is 5.96 Å². The third-order valence-corrected chi connectivity index (χ3v) is 6.15. The molecule has 2 saturated heterocycles. The number of ether oxygens (including phenoxy) is 1. The molecule has 7 nitrogen and oxygen atoms in total. The fourth-order valence-electron chi connectivity index (χ4n) is 4.43. The molecule has 2 aliphatic rings. The van der Waals surface area contributed by atoms with Crippen LogP contribution in [-0.2, 0) is 18.2 Å². The van der Waals surface area contributed by atoms with E-state index >= 15 is 0 Å². The third-order valence-electron chi connectivity index (χ3n) is 6.15. The van der Waals surface area contributed by atoms with Crippen LogP contribution in [-0.4, -0.2) is 78.5 Å². The highest BCUT2D eigenvalue weighted by Crippen LogP contribution is 2.22. The molecule has 2 fully saturated rings. The summed E-state index contributed by atoms with van der Waals surface area (Å²) in [6.07, 6.45) is 6.36. The maximum absolute atomic E-state index is 5.97. The molecule has 2 unspecified atom stereocenters. The van der Waals surface area contributed by atoms with Crippen molar-refractivity contribution in [1.82, 2.24) is 24.9 Å². The lowest BCUT2D eigenvalue weighted by atomic mass is 10.1. The Labute approximate surface area is 179 Å². The van der Waals surface area contributed by atoms with Gasteiger partial charge in [0.25, 0.3) is 0 Å². The number of nitrogens with zero attached hydrogens (tertiary/aromatic N) is 5. The van der Waals surface area contributed by atoms with E-state index in [4.69, 9.17) is 4.74 Å². The Hall–Kier alpha value is -2.38. The Balaban J connectivity index is 1.22. The van der Waals surface area contributed by atoms with Crippen LogP contribution >= 0.6 is 0 Å². The zero-order chi connectivity index (χ0) is 20.8. The first-order valence-corrected chi connectivity index (χ1v) is 11.0. The highest BCUT2D eigenvalue weighted by atomic mass is 16.5. The molecule has 3 heterocycles. The van der Waals surface area contributed by atoms with Crippen LogP contribution in [0.2, 0.25) is 0 Å². The summed E-state index contributed by atoms with van der Waals surface area (Å²) in [5.41, 5.74) is 2.55. The second kappa shape index (κ2) is 10.1. The van der Waals surface area contributed by atoms with Crippen LogP contribution < -0.4 is 5.32 Å². The van der Waals surface area contributed by atoms with E-state index in [1.165, 1.54) is 18.5 Å². The first kappa shape index (κ1) is 20.9. The topological polar surface area (TPSA) is 57.9 Å². The summed E-state index contributed by atoms with van der Waals surface area (Å²) in [6, 6.07) is 10.8. The summed E-state index contributed by atoms with van der Waals surface area (Å²) in [6.45, 7) is 6.85. The molecule has 0 radical (unpaired) electrons. The van der Waals surface area contributed by atoms with Gasteiger partial charge in [-0.15, -0.1) is 0 Å². The van der Waals surface area contributed by atoms with E-state index in [0.717, 1.165) is 50.7 Å². The molecule has 0 bridgehead atoms. The van der Waals surface area contributed by atoms with E-state index in [2.05, 4.69) is 55.5 Å². The third kappa shape index (κ3) is 5.40. The van der Waals surface area contributed by atoms with E-state index in [1.807, 2.05) is 31.2 Å². The molecule has 4 rings (SSSR count). The van der Waals surface area contributed by atoms with E-state index in [1.54, 1.807) is 0 Å². The number of rotatable bonds is 6. The van der Waals surface area contributed by atoms with Crippen LogP contribution in [0.5, 0.6) is 0 Å². The summed E-state index contributed by atoms with van der Waals surface area (Å²) < 4.78 is 7.80. The molecule has 1 aromatic heterocycles. The molecular formula is C23H34N6O. The van der Waals surface area contributed by atoms with Gasteiger partial charge < -0.3 is 19.9 Å². The predicted octanol–water partition coefficient (Wildman–Crippen LogP) is 1.93. The van der Waals surface area contributed by atoms with Crippen LogP contribution in [0.25, 0.3) is 0 Å². The molecule has 162 valence electrons. The smallest absolute Gasteiger partial charge is 0.193 e. The summed E-state index contributed by atoms with van der Waals surface area (Å²) in [7, 11) is 3.81. The molecule has 2 aliphatic heterocycles. The van der Waals surface area contributed by atoms with Gasteiger partial charge in [-0.25, -0.2) is 0 Å². The molecule has 2 aromatic rings. The summed E-state index contributed by atoms with van der Waals surface area (Å²) >= 11 is 0. The lowest BCUT2D eigenvalue weighted by Gasteiger charge is -2.35. The second-order valence-electron chi connectivity index (χ2n) is 8.37. The van der Waals surface area contributed by atoms with Gasteiger partial charge in [-0.3, -0.25) is 9.67 Å². The number of morpholine rings is 1. The monoisotopic (exact) mass is 410 g/mol. The van der Waals surface area contributed by atoms with Crippen molar-refractivity contribution in [3.05, 3.63) is 53.9 Å². The van der Waals surface area contributed by atoms with E-state index in [-0.39, 0.29) is 6.10 Å². The Morgan fingerprint density at radius 2 is 2.10 bits per heavy atom. The molecule has 1 N–H and O–H groups in total. The van der Waals surface area contributed by atoms with Gasteiger partial charge in [0.1, 0.15) is 6.10 Å². The lowest BCUT2D eigenvalue weighted by molar-refractivity contribution is -0.00807. The molecule has 0 aliphatic carbocycles.